The van der Waals surface area contributed by atoms with Crippen LogP contribution in [0.5, 0.6) is 5.88 Å². The van der Waals surface area contributed by atoms with E-state index in [0.717, 1.165) is 26.1 Å². The van der Waals surface area contributed by atoms with Crippen LogP contribution in [-0.2, 0) is 0 Å². The fraction of sp³-hybridized carbons (Fsp3) is 0.647. The Balaban J connectivity index is 1.76. The summed E-state index contributed by atoms with van der Waals surface area (Å²) in [6.07, 6.45) is 2.82. The minimum Gasteiger partial charge on any atom is -0.470 e. The molecule has 1 amide bonds. The van der Waals surface area contributed by atoms with Crippen LogP contribution in [0.4, 0.5) is 0 Å². The summed E-state index contributed by atoms with van der Waals surface area (Å²) in [4.78, 5) is 21.1. The Kier molecular flexibility index (Phi) is 3.85. The van der Waals surface area contributed by atoms with Gasteiger partial charge in [-0.3, -0.25) is 9.69 Å². The molecule has 1 fully saturated rings. The Morgan fingerprint density at radius 3 is 2.86 bits per heavy atom. The zero-order chi connectivity index (χ0) is 15.9. The Labute approximate surface area is 132 Å². The van der Waals surface area contributed by atoms with Crippen LogP contribution in [0, 0.1) is 5.41 Å². The van der Waals surface area contributed by atoms with Gasteiger partial charge in [0.2, 0.25) is 5.88 Å². The van der Waals surface area contributed by atoms with E-state index < -0.39 is 0 Å². The van der Waals surface area contributed by atoms with Gasteiger partial charge in [0.25, 0.3) is 5.91 Å². The summed E-state index contributed by atoms with van der Waals surface area (Å²) >= 11 is 0. The molecule has 2 aliphatic heterocycles. The first-order chi connectivity index (χ1) is 10.3. The predicted octanol–water partition coefficient (Wildman–Crippen LogP) is 2.04. The van der Waals surface area contributed by atoms with E-state index in [1.54, 1.807) is 18.3 Å². The van der Waals surface area contributed by atoms with Crippen LogP contribution >= 0.6 is 0 Å². The molecule has 0 radical (unpaired) electrons. The normalized spacial score (nSPS) is 25.5. The lowest BCUT2D eigenvalue weighted by Crippen LogP contribution is -2.44. The third-order valence-electron chi connectivity index (χ3n) is 4.57. The van der Waals surface area contributed by atoms with Crippen molar-refractivity contribution in [2.75, 3.05) is 26.7 Å². The second kappa shape index (κ2) is 5.54. The van der Waals surface area contributed by atoms with E-state index in [1.807, 2.05) is 11.9 Å². The topological polar surface area (TPSA) is 45.7 Å². The number of ether oxygens (including phenoxy) is 1. The lowest BCUT2D eigenvalue weighted by molar-refractivity contribution is 0.0680. The van der Waals surface area contributed by atoms with Gasteiger partial charge in [0.15, 0.2) is 0 Å². The summed E-state index contributed by atoms with van der Waals surface area (Å²) in [5.41, 5.74) is 0.891. The van der Waals surface area contributed by atoms with Crippen molar-refractivity contribution in [2.24, 2.45) is 5.41 Å². The van der Waals surface area contributed by atoms with Gasteiger partial charge in [0.1, 0.15) is 11.7 Å². The number of aromatic nitrogens is 1. The largest absolute Gasteiger partial charge is 0.470 e. The standard InChI is InChI=1S/C17H25N3O2/c1-17(2,3)7-9-20-10-13-14(11-20)22-15-12(6-5-8-18-15)16(21)19(13)4/h5-6,8,13-14H,7,9-11H2,1-4H3. The van der Waals surface area contributed by atoms with Crippen LogP contribution in [0.15, 0.2) is 18.3 Å². The van der Waals surface area contributed by atoms with Crippen LogP contribution < -0.4 is 4.74 Å². The molecule has 0 aromatic carbocycles. The third-order valence-corrected chi connectivity index (χ3v) is 4.57. The van der Waals surface area contributed by atoms with Gasteiger partial charge in [-0.2, -0.15) is 0 Å². The number of hydrogen-bond acceptors (Lipinski definition) is 4. The van der Waals surface area contributed by atoms with E-state index in [4.69, 9.17) is 4.74 Å². The molecule has 2 atom stereocenters. The summed E-state index contributed by atoms with van der Waals surface area (Å²) in [6, 6.07) is 3.67. The molecule has 0 saturated carbocycles. The highest BCUT2D eigenvalue weighted by atomic mass is 16.5. The van der Waals surface area contributed by atoms with E-state index >= 15 is 0 Å². The molecule has 120 valence electrons. The van der Waals surface area contributed by atoms with E-state index in [0.29, 0.717) is 16.9 Å². The maximum absolute atomic E-state index is 12.6. The summed E-state index contributed by atoms with van der Waals surface area (Å²) in [7, 11) is 1.87. The summed E-state index contributed by atoms with van der Waals surface area (Å²) < 4.78 is 6.07. The van der Waals surface area contributed by atoms with Crippen LogP contribution in [-0.4, -0.2) is 59.5 Å². The molecular weight excluding hydrogens is 278 g/mol. The second-order valence-electron chi connectivity index (χ2n) is 7.57. The number of carbonyl (C=O) groups excluding carboxylic acids is 1. The first-order valence-corrected chi connectivity index (χ1v) is 7.96. The maximum Gasteiger partial charge on any atom is 0.259 e. The van der Waals surface area contributed by atoms with Crippen LogP contribution in [0.3, 0.4) is 0 Å². The minimum absolute atomic E-state index is 0.00469. The average Bonchev–Trinajstić information content (AvgIpc) is 2.83. The lowest BCUT2D eigenvalue weighted by Gasteiger charge is -2.25. The number of likely N-dealkylation sites (tertiary alicyclic amines) is 1. The molecule has 3 heterocycles. The van der Waals surface area contributed by atoms with Crippen molar-refractivity contribution < 1.29 is 9.53 Å². The van der Waals surface area contributed by atoms with Gasteiger partial charge in [-0.15, -0.1) is 0 Å². The van der Waals surface area contributed by atoms with Crippen LogP contribution in [0.2, 0.25) is 0 Å². The first kappa shape index (κ1) is 15.3. The Morgan fingerprint density at radius 2 is 2.14 bits per heavy atom. The van der Waals surface area contributed by atoms with Gasteiger partial charge in [-0.1, -0.05) is 20.8 Å². The molecule has 1 saturated heterocycles. The highest BCUT2D eigenvalue weighted by Gasteiger charge is 2.42. The van der Waals surface area contributed by atoms with Gasteiger partial charge in [-0.25, -0.2) is 4.98 Å². The molecule has 2 unspecified atom stereocenters. The van der Waals surface area contributed by atoms with Crippen molar-refractivity contribution in [3.05, 3.63) is 23.9 Å². The van der Waals surface area contributed by atoms with Crippen molar-refractivity contribution in [3.8, 4) is 5.88 Å². The quantitative estimate of drug-likeness (QED) is 0.839. The highest BCUT2D eigenvalue weighted by molar-refractivity contribution is 5.96. The van der Waals surface area contributed by atoms with Gasteiger partial charge in [-0.05, 0) is 30.5 Å². The van der Waals surface area contributed by atoms with Crippen molar-refractivity contribution in [2.45, 2.75) is 39.3 Å². The fourth-order valence-electron chi connectivity index (χ4n) is 3.13. The molecule has 0 aliphatic carbocycles. The number of likely N-dealkylation sites (N-methyl/N-ethyl adjacent to an activating group) is 1. The zero-order valence-corrected chi connectivity index (χ0v) is 13.9. The molecule has 0 N–H and O–H groups in total. The summed E-state index contributed by atoms with van der Waals surface area (Å²) in [5, 5.41) is 0. The molecular formula is C17H25N3O2. The van der Waals surface area contributed by atoms with Crippen molar-refractivity contribution >= 4 is 5.91 Å². The minimum atomic E-state index is 0.00469. The summed E-state index contributed by atoms with van der Waals surface area (Å²) in [6.45, 7) is 9.54. The molecule has 0 spiro atoms. The molecule has 1 aromatic heterocycles. The highest BCUT2D eigenvalue weighted by Crippen LogP contribution is 2.29. The number of rotatable bonds is 2. The monoisotopic (exact) mass is 303 g/mol. The first-order valence-electron chi connectivity index (χ1n) is 7.96. The summed E-state index contributed by atoms with van der Waals surface area (Å²) in [5.74, 6) is 0.484. The molecule has 2 aliphatic rings. The van der Waals surface area contributed by atoms with Crippen molar-refractivity contribution in [1.29, 1.82) is 0 Å². The van der Waals surface area contributed by atoms with E-state index in [9.17, 15) is 4.79 Å². The SMILES string of the molecule is CN1C(=O)c2cccnc2OC2CN(CCC(C)(C)C)CC21. The van der Waals surface area contributed by atoms with Crippen molar-refractivity contribution in [3.63, 3.8) is 0 Å². The fourth-order valence-corrected chi connectivity index (χ4v) is 3.13. The molecule has 0 bridgehead atoms. The second-order valence-corrected chi connectivity index (χ2v) is 7.57. The Bertz CT molecular complexity index is 567. The smallest absolute Gasteiger partial charge is 0.259 e. The molecule has 1 aromatic rings. The molecule has 22 heavy (non-hydrogen) atoms. The van der Waals surface area contributed by atoms with E-state index in [2.05, 4.69) is 30.7 Å². The van der Waals surface area contributed by atoms with Crippen molar-refractivity contribution in [1.82, 2.24) is 14.8 Å². The Hall–Kier alpha value is -1.62. The van der Waals surface area contributed by atoms with Gasteiger partial charge >= 0.3 is 0 Å². The zero-order valence-electron chi connectivity index (χ0n) is 13.9. The van der Waals surface area contributed by atoms with E-state index in [-0.39, 0.29) is 18.1 Å². The van der Waals surface area contributed by atoms with Gasteiger partial charge in [0, 0.05) is 26.3 Å². The van der Waals surface area contributed by atoms with Gasteiger partial charge in [0.05, 0.1) is 6.04 Å². The van der Waals surface area contributed by atoms with E-state index in [1.165, 1.54) is 0 Å². The van der Waals surface area contributed by atoms with Crippen LogP contribution in [0.25, 0.3) is 0 Å². The molecule has 5 heteroatoms. The lowest BCUT2D eigenvalue weighted by atomic mass is 9.92. The number of pyridine rings is 1. The average molecular weight is 303 g/mol. The maximum atomic E-state index is 12.6. The molecule has 3 rings (SSSR count). The van der Waals surface area contributed by atoms with Crippen LogP contribution in [0.1, 0.15) is 37.6 Å². The molecule has 5 nitrogen and oxygen atoms in total. The number of hydrogen-bond donors (Lipinski definition) is 0. The number of nitrogens with zero attached hydrogens (tertiary/aromatic N) is 3. The Morgan fingerprint density at radius 1 is 1.36 bits per heavy atom. The number of carbonyl (C=O) groups is 1. The third kappa shape index (κ3) is 2.95. The number of amides is 1. The van der Waals surface area contributed by atoms with Gasteiger partial charge < -0.3 is 9.64 Å². The number of fused-ring (bicyclic) bond motifs is 2. The predicted molar refractivity (Wildman–Crippen MR) is 85.0 cm³/mol.